The topological polar surface area (TPSA) is 42.2 Å². The van der Waals surface area contributed by atoms with Gasteiger partial charge in [0.15, 0.2) is 5.13 Å². The first-order valence-electron chi connectivity index (χ1n) is 5.59. The summed E-state index contributed by atoms with van der Waals surface area (Å²) in [6.07, 6.45) is 2.95. The van der Waals surface area contributed by atoms with Gasteiger partial charge in [-0.1, -0.05) is 0 Å². The molecule has 0 aliphatic carbocycles. The van der Waals surface area contributed by atoms with Crippen molar-refractivity contribution < 1.29 is 0 Å². The molecule has 2 aromatic rings. The Kier molecular flexibility index (Phi) is 4.15. The van der Waals surface area contributed by atoms with Crippen LogP contribution in [0.15, 0.2) is 17.6 Å². The van der Waals surface area contributed by atoms with Crippen molar-refractivity contribution in [3.05, 3.63) is 33.0 Å². The highest BCUT2D eigenvalue weighted by atomic mass is 32.1. The van der Waals surface area contributed by atoms with Gasteiger partial charge in [0.1, 0.15) is 0 Å². The Hall–Kier alpha value is -0.910. The van der Waals surface area contributed by atoms with Gasteiger partial charge in [-0.2, -0.15) is 0 Å². The van der Waals surface area contributed by atoms with Gasteiger partial charge in [-0.3, -0.25) is 0 Å². The second kappa shape index (κ2) is 5.62. The number of anilines is 1. The molecule has 0 aromatic carbocycles. The lowest BCUT2D eigenvalue weighted by atomic mass is 10.2. The quantitative estimate of drug-likeness (QED) is 0.905. The Morgan fingerprint density at radius 3 is 2.88 bits per heavy atom. The maximum atomic E-state index is 5.59. The van der Waals surface area contributed by atoms with E-state index in [1.165, 1.54) is 10.4 Å². The van der Waals surface area contributed by atoms with Crippen LogP contribution in [-0.4, -0.2) is 18.6 Å². The number of aryl methyl sites for hydroxylation is 1. The zero-order valence-corrected chi connectivity index (χ0v) is 11.8. The molecule has 0 saturated heterocycles. The van der Waals surface area contributed by atoms with Crippen molar-refractivity contribution in [1.82, 2.24) is 4.98 Å². The smallest absolute Gasteiger partial charge is 0.185 e. The van der Waals surface area contributed by atoms with Crippen LogP contribution >= 0.6 is 22.7 Å². The normalized spacial score (nSPS) is 10.8. The van der Waals surface area contributed by atoms with Crippen LogP contribution in [0, 0.1) is 6.92 Å². The lowest BCUT2D eigenvalue weighted by molar-refractivity contribution is 0.878. The standard InChI is InChI=1S/C12H17N3S2/c1-9-4-6-16-11(9)3-5-15(2)12-14-8-10(7-13)17-12/h4,6,8H,3,5,7,13H2,1-2H3. The van der Waals surface area contributed by atoms with E-state index in [9.17, 15) is 0 Å². The second-order valence-corrected chi connectivity index (χ2v) is 6.11. The minimum Gasteiger partial charge on any atom is -0.351 e. The average molecular weight is 267 g/mol. The minimum atomic E-state index is 0.579. The van der Waals surface area contributed by atoms with Gasteiger partial charge in [0.2, 0.25) is 0 Å². The van der Waals surface area contributed by atoms with E-state index in [4.69, 9.17) is 5.73 Å². The number of likely N-dealkylation sites (N-methyl/N-ethyl adjacent to an activating group) is 1. The molecule has 0 aliphatic heterocycles. The minimum absolute atomic E-state index is 0.579. The monoisotopic (exact) mass is 267 g/mol. The van der Waals surface area contributed by atoms with Gasteiger partial charge in [0, 0.05) is 36.1 Å². The molecule has 2 N–H and O–H groups in total. The van der Waals surface area contributed by atoms with Crippen LogP contribution in [0.5, 0.6) is 0 Å². The maximum Gasteiger partial charge on any atom is 0.185 e. The maximum absolute atomic E-state index is 5.59. The van der Waals surface area contributed by atoms with Crippen molar-refractivity contribution in [2.24, 2.45) is 5.73 Å². The van der Waals surface area contributed by atoms with Gasteiger partial charge in [0.25, 0.3) is 0 Å². The van der Waals surface area contributed by atoms with Crippen molar-refractivity contribution in [2.75, 3.05) is 18.5 Å². The van der Waals surface area contributed by atoms with E-state index in [0.717, 1.165) is 23.0 Å². The molecule has 2 aromatic heterocycles. The van der Waals surface area contributed by atoms with Crippen molar-refractivity contribution in [3.8, 4) is 0 Å². The average Bonchev–Trinajstić information content (AvgIpc) is 2.94. The van der Waals surface area contributed by atoms with Crippen LogP contribution < -0.4 is 10.6 Å². The third-order valence-corrected chi connectivity index (χ3v) is 4.93. The number of nitrogens with zero attached hydrogens (tertiary/aromatic N) is 2. The molecule has 0 spiro atoms. The van der Waals surface area contributed by atoms with Gasteiger partial charge >= 0.3 is 0 Å². The van der Waals surface area contributed by atoms with Crippen LogP contribution in [0.1, 0.15) is 15.3 Å². The first-order chi connectivity index (χ1) is 8.20. The molecule has 0 radical (unpaired) electrons. The first-order valence-corrected chi connectivity index (χ1v) is 7.29. The zero-order chi connectivity index (χ0) is 12.3. The summed E-state index contributed by atoms with van der Waals surface area (Å²) in [4.78, 5) is 9.18. The first kappa shape index (κ1) is 12.5. The molecule has 0 aliphatic rings. The van der Waals surface area contributed by atoms with Gasteiger partial charge in [-0.15, -0.1) is 22.7 Å². The third-order valence-electron chi connectivity index (χ3n) is 2.71. The van der Waals surface area contributed by atoms with E-state index < -0.39 is 0 Å². The fourth-order valence-corrected chi connectivity index (χ4v) is 3.27. The summed E-state index contributed by atoms with van der Waals surface area (Å²) in [5.74, 6) is 0. The number of nitrogens with two attached hydrogens (primary N) is 1. The van der Waals surface area contributed by atoms with Crippen molar-refractivity contribution >= 4 is 27.8 Å². The van der Waals surface area contributed by atoms with Gasteiger partial charge in [0.05, 0.1) is 0 Å². The van der Waals surface area contributed by atoms with Crippen molar-refractivity contribution in [2.45, 2.75) is 19.9 Å². The summed E-state index contributed by atoms with van der Waals surface area (Å²) >= 11 is 3.51. The summed E-state index contributed by atoms with van der Waals surface area (Å²) in [6.45, 7) is 3.75. The van der Waals surface area contributed by atoms with E-state index in [2.05, 4.69) is 35.3 Å². The molecule has 0 atom stereocenters. The fourth-order valence-electron chi connectivity index (χ4n) is 1.59. The Morgan fingerprint density at radius 2 is 2.29 bits per heavy atom. The molecular weight excluding hydrogens is 250 g/mol. The van der Waals surface area contributed by atoms with E-state index in [0.29, 0.717) is 6.54 Å². The molecule has 0 unspecified atom stereocenters. The Balaban J connectivity index is 1.93. The van der Waals surface area contributed by atoms with E-state index in [-0.39, 0.29) is 0 Å². The zero-order valence-electron chi connectivity index (χ0n) is 10.1. The number of hydrogen-bond donors (Lipinski definition) is 1. The summed E-state index contributed by atoms with van der Waals surface area (Å²) in [7, 11) is 2.09. The molecule has 0 bridgehead atoms. The van der Waals surface area contributed by atoms with E-state index in [1.807, 2.05) is 17.5 Å². The number of rotatable bonds is 5. The largest absolute Gasteiger partial charge is 0.351 e. The van der Waals surface area contributed by atoms with Gasteiger partial charge in [-0.05, 0) is 30.4 Å². The van der Waals surface area contributed by atoms with Crippen LogP contribution in [0.4, 0.5) is 5.13 Å². The van der Waals surface area contributed by atoms with Crippen molar-refractivity contribution in [1.29, 1.82) is 0 Å². The number of aromatic nitrogens is 1. The van der Waals surface area contributed by atoms with Crippen molar-refractivity contribution in [3.63, 3.8) is 0 Å². The predicted molar refractivity (Wildman–Crippen MR) is 76.0 cm³/mol. The van der Waals surface area contributed by atoms with Gasteiger partial charge < -0.3 is 10.6 Å². The molecule has 0 saturated carbocycles. The van der Waals surface area contributed by atoms with Crippen LogP contribution in [0.3, 0.4) is 0 Å². The molecule has 0 amide bonds. The predicted octanol–water partition coefficient (Wildman–Crippen LogP) is 2.65. The summed E-state index contributed by atoms with van der Waals surface area (Å²) in [5, 5.41) is 3.21. The molecule has 5 heteroatoms. The molecule has 3 nitrogen and oxygen atoms in total. The summed E-state index contributed by atoms with van der Waals surface area (Å²) in [5.41, 5.74) is 6.98. The highest BCUT2D eigenvalue weighted by Crippen LogP contribution is 2.22. The molecule has 2 rings (SSSR count). The third kappa shape index (κ3) is 3.06. The molecule has 17 heavy (non-hydrogen) atoms. The van der Waals surface area contributed by atoms with E-state index >= 15 is 0 Å². The Labute approximate surface area is 110 Å². The van der Waals surface area contributed by atoms with E-state index in [1.54, 1.807) is 11.3 Å². The fraction of sp³-hybridized carbons (Fsp3) is 0.417. The number of thiazole rings is 1. The number of thiophene rings is 1. The highest BCUT2D eigenvalue weighted by Gasteiger charge is 2.07. The molecule has 92 valence electrons. The Bertz CT molecular complexity index is 476. The SMILES string of the molecule is Cc1ccsc1CCN(C)c1ncc(CN)s1. The lowest BCUT2D eigenvalue weighted by Crippen LogP contribution is -2.19. The highest BCUT2D eigenvalue weighted by molar-refractivity contribution is 7.15. The Morgan fingerprint density at radius 1 is 1.47 bits per heavy atom. The molecule has 0 fully saturated rings. The molecular formula is C12H17N3S2. The summed E-state index contributed by atoms with van der Waals surface area (Å²) < 4.78 is 0. The van der Waals surface area contributed by atoms with Crippen LogP contribution in [0.2, 0.25) is 0 Å². The van der Waals surface area contributed by atoms with Crippen LogP contribution in [0.25, 0.3) is 0 Å². The number of hydrogen-bond acceptors (Lipinski definition) is 5. The van der Waals surface area contributed by atoms with Gasteiger partial charge in [-0.25, -0.2) is 4.98 Å². The lowest BCUT2D eigenvalue weighted by Gasteiger charge is -2.15. The van der Waals surface area contributed by atoms with Crippen LogP contribution in [-0.2, 0) is 13.0 Å². The summed E-state index contributed by atoms with van der Waals surface area (Å²) in [6, 6.07) is 2.18. The molecule has 2 heterocycles. The second-order valence-electron chi connectivity index (χ2n) is 4.01.